The van der Waals surface area contributed by atoms with Crippen LogP contribution in [-0.2, 0) is 4.79 Å². The zero-order valence-electron chi connectivity index (χ0n) is 15.3. The summed E-state index contributed by atoms with van der Waals surface area (Å²) in [5, 5.41) is 0.377. The highest BCUT2D eigenvalue weighted by Crippen LogP contribution is 2.36. The normalized spacial score (nSPS) is 15.7. The van der Waals surface area contributed by atoms with Crippen molar-refractivity contribution in [3.8, 4) is 5.69 Å². The number of carbonyl (C=O) groups excluding carboxylic acids is 2. The van der Waals surface area contributed by atoms with E-state index in [1.165, 1.54) is 4.90 Å². The first kappa shape index (κ1) is 18.6. The summed E-state index contributed by atoms with van der Waals surface area (Å²) in [5.74, 6) is -0.297. The lowest BCUT2D eigenvalue weighted by atomic mass is 10.2. The Hall–Kier alpha value is -2.76. The lowest BCUT2D eigenvalue weighted by Gasteiger charge is -2.11. The number of para-hydroxylation sites is 1. The van der Waals surface area contributed by atoms with Crippen LogP contribution in [0.4, 0.5) is 10.5 Å². The molecule has 0 N–H and O–H groups in total. The number of anilines is 1. The van der Waals surface area contributed by atoms with Crippen LogP contribution in [0.3, 0.4) is 0 Å². The molecular weight excluding hydrogens is 392 g/mol. The number of benzene rings is 2. The number of hydrogen-bond donors (Lipinski definition) is 0. The first-order chi connectivity index (χ1) is 13.5. The Kier molecular flexibility index (Phi) is 4.87. The summed E-state index contributed by atoms with van der Waals surface area (Å²) in [4.78, 5) is 26.9. The number of rotatable bonds is 3. The van der Waals surface area contributed by atoms with Crippen LogP contribution in [0.15, 0.2) is 65.6 Å². The lowest BCUT2D eigenvalue weighted by molar-refractivity contribution is -0.113. The van der Waals surface area contributed by atoms with Crippen LogP contribution in [0.1, 0.15) is 17.0 Å². The molecule has 0 atom stereocenters. The summed E-state index contributed by atoms with van der Waals surface area (Å²) in [7, 11) is 0. The van der Waals surface area contributed by atoms with Crippen molar-refractivity contribution in [3.63, 3.8) is 0 Å². The van der Waals surface area contributed by atoms with Crippen molar-refractivity contribution >= 4 is 46.3 Å². The highest BCUT2D eigenvalue weighted by Gasteiger charge is 2.36. The van der Waals surface area contributed by atoms with Gasteiger partial charge in [-0.2, -0.15) is 0 Å². The fraction of sp³-hybridized carbons (Fsp3) is 0.0909. The minimum atomic E-state index is -0.297. The van der Waals surface area contributed by atoms with Gasteiger partial charge >= 0.3 is 0 Å². The number of nitrogens with zero attached hydrogens (tertiary/aromatic N) is 2. The number of carbonyl (C=O) groups is 2. The number of imide groups is 1. The molecule has 1 fully saturated rings. The van der Waals surface area contributed by atoms with Crippen molar-refractivity contribution < 1.29 is 9.59 Å². The van der Waals surface area contributed by atoms with Gasteiger partial charge in [0.2, 0.25) is 0 Å². The molecule has 4 rings (SSSR count). The molecular formula is C22H17ClN2O2S. The maximum atomic E-state index is 12.8. The molecule has 140 valence electrons. The van der Waals surface area contributed by atoms with Gasteiger partial charge in [0, 0.05) is 22.1 Å². The quantitative estimate of drug-likeness (QED) is 0.500. The van der Waals surface area contributed by atoms with Gasteiger partial charge in [0.25, 0.3) is 11.1 Å². The molecule has 6 heteroatoms. The summed E-state index contributed by atoms with van der Waals surface area (Å²) in [6.07, 6.45) is 1.79. The van der Waals surface area contributed by atoms with Gasteiger partial charge in [0.1, 0.15) is 0 Å². The van der Waals surface area contributed by atoms with Crippen LogP contribution >= 0.6 is 23.4 Å². The van der Waals surface area contributed by atoms with Crippen molar-refractivity contribution in [1.82, 2.24) is 4.57 Å². The third-order valence-corrected chi connectivity index (χ3v) is 5.74. The maximum absolute atomic E-state index is 12.8. The number of hydrogen-bond acceptors (Lipinski definition) is 3. The summed E-state index contributed by atoms with van der Waals surface area (Å²) < 4.78 is 2.08. The summed E-state index contributed by atoms with van der Waals surface area (Å²) in [6.45, 7) is 3.99. The summed E-state index contributed by atoms with van der Waals surface area (Å²) in [6, 6.07) is 18.6. The summed E-state index contributed by atoms with van der Waals surface area (Å²) in [5.41, 5.74) is 4.44. The van der Waals surface area contributed by atoms with Crippen molar-refractivity contribution in [3.05, 3.63) is 87.5 Å². The van der Waals surface area contributed by atoms with E-state index in [0.717, 1.165) is 34.4 Å². The second-order valence-electron chi connectivity index (χ2n) is 6.49. The predicted octanol–water partition coefficient (Wildman–Crippen LogP) is 5.99. The number of amides is 2. The van der Waals surface area contributed by atoms with Crippen LogP contribution < -0.4 is 4.90 Å². The van der Waals surface area contributed by atoms with Crippen molar-refractivity contribution in [1.29, 1.82) is 0 Å². The highest BCUT2D eigenvalue weighted by molar-refractivity contribution is 8.19. The molecule has 4 nitrogen and oxygen atoms in total. The molecule has 1 aliphatic heterocycles. The molecule has 2 aromatic carbocycles. The minimum absolute atomic E-state index is 0.286. The van der Waals surface area contributed by atoms with E-state index < -0.39 is 0 Å². The SMILES string of the molecule is Cc1cc(C=C2SC(=O)N(c3ccccc3)C2=O)c(C)n1-c1cccc(Cl)c1. The second-order valence-corrected chi connectivity index (χ2v) is 7.92. The average Bonchev–Trinajstić information content (AvgIpc) is 3.11. The number of aryl methyl sites for hydroxylation is 1. The standard InChI is InChI=1S/C22H17ClN2O2S/c1-14-11-16(15(2)24(14)19-10-6-7-17(23)13-19)12-20-21(26)25(22(27)28-20)18-8-4-3-5-9-18/h3-13H,1-2H3. The smallest absolute Gasteiger partial charge is 0.298 e. The Bertz CT molecular complexity index is 1120. The molecule has 3 aromatic rings. The Balaban J connectivity index is 1.72. The van der Waals surface area contributed by atoms with Gasteiger partial charge in [0.15, 0.2) is 0 Å². The van der Waals surface area contributed by atoms with Crippen LogP contribution in [-0.4, -0.2) is 15.7 Å². The van der Waals surface area contributed by atoms with Gasteiger partial charge in [-0.25, -0.2) is 4.90 Å². The fourth-order valence-electron chi connectivity index (χ4n) is 3.35. The van der Waals surface area contributed by atoms with Crippen LogP contribution in [0.25, 0.3) is 11.8 Å². The van der Waals surface area contributed by atoms with Crippen molar-refractivity contribution in [2.45, 2.75) is 13.8 Å². The van der Waals surface area contributed by atoms with Crippen molar-refractivity contribution in [2.24, 2.45) is 0 Å². The lowest BCUT2D eigenvalue weighted by Crippen LogP contribution is -2.27. The van der Waals surface area contributed by atoms with Gasteiger partial charge in [-0.1, -0.05) is 35.9 Å². The molecule has 0 radical (unpaired) electrons. The van der Waals surface area contributed by atoms with E-state index in [-0.39, 0.29) is 11.1 Å². The Morgan fingerprint density at radius 2 is 1.64 bits per heavy atom. The third-order valence-electron chi connectivity index (χ3n) is 4.63. The number of aromatic nitrogens is 1. The molecule has 1 saturated heterocycles. The van der Waals surface area contributed by atoms with Crippen LogP contribution in [0.2, 0.25) is 5.02 Å². The zero-order valence-corrected chi connectivity index (χ0v) is 16.9. The number of thioether (sulfide) groups is 1. The molecule has 1 aromatic heterocycles. The van der Waals surface area contributed by atoms with E-state index in [4.69, 9.17) is 11.6 Å². The molecule has 28 heavy (non-hydrogen) atoms. The van der Waals surface area contributed by atoms with Gasteiger partial charge in [0.05, 0.1) is 10.6 Å². The Morgan fingerprint density at radius 1 is 0.929 bits per heavy atom. The van der Waals surface area contributed by atoms with E-state index in [0.29, 0.717) is 15.6 Å². The van der Waals surface area contributed by atoms with Gasteiger partial charge < -0.3 is 4.57 Å². The van der Waals surface area contributed by atoms with Gasteiger partial charge in [-0.05, 0) is 73.6 Å². The zero-order chi connectivity index (χ0) is 19.8. The van der Waals surface area contributed by atoms with E-state index in [9.17, 15) is 9.59 Å². The molecule has 2 amide bonds. The van der Waals surface area contributed by atoms with Gasteiger partial charge in [-0.3, -0.25) is 9.59 Å². The Labute approximate surface area is 172 Å². The monoisotopic (exact) mass is 408 g/mol. The molecule has 0 unspecified atom stereocenters. The number of halogens is 1. The highest BCUT2D eigenvalue weighted by atomic mass is 35.5. The van der Waals surface area contributed by atoms with Crippen molar-refractivity contribution in [2.75, 3.05) is 4.90 Å². The van der Waals surface area contributed by atoms with E-state index in [1.54, 1.807) is 30.3 Å². The minimum Gasteiger partial charge on any atom is -0.318 e. The Morgan fingerprint density at radius 3 is 2.36 bits per heavy atom. The van der Waals surface area contributed by atoms with Crippen LogP contribution in [0, 0.1) is 13.8 Å². The molecule has 0 spiro atoms. The molecule has 0 bridgehead atoms. The largest absolute Gasteiger partial charge is 0.318 e. The predicted molar refractivity (Wildman–Crippen MR) is 115 cm³/mol. The van der Waals surface area contributed by atoms with Crippen LogP contribution in [0.5, 0.6) is 0 Å². The fourth-order valence-corrected chi connectivity index (χ4v) is 4.37. The van der Waals surface area contributed by atoms with Gasteiger partial charge in [-0.15, -0.1) is 0 Å². The maximum Gasteiger partial charge on any atom is 0.298 e. The average molecular weight is 409 g/mol. The molecule has 1 aliphatic rings. The van der Waals surface area contributed by atoms with E-state index in [2.05, 4.69) is 4.57 Å². The van der Waals surface area contributed by atoms with E-state index >= 15 is 0 Å². The molecule has 0 aliphatic carbocycles. The molecule has 0 saturated carbocycles. The van der Waals surface area contributed by atoms with E-state index in [1.807, 2.05) is 50.2 Å². The molecule has 2 heterocycles. The third kappa shape index (κ3) is 3.28. The second kappa shape index (κ2) is 7.34. The first-order valence-corrected chi connectivity index (χ1v) is 9.93. The summed E-state index contributed by atoms with van der Waals surface area (Å²) >= 11 is 7.10. The topological polar surface area (TPSA) is 42.3 Å². The first-order valence-electron chi connectivity index (χ1n) is 8.73.